The van der Waals surface area contributed by atoms with Crippen LogP contribution in [0, 0.1) is 0 Å². The molecule has 3 aromatic rings. The number of hydrazine groups is 1. The van der Waals surface area contributed by atoms with Gasteiger partial charge in [-0.2, -0.15) is 0 Å². The van der Waals surface area contributed by atoms with E-state index in [-0.39, 0.29) is 12.3 Å². The third-order valence-electron chi connectivity index (χ3n) is 4.61. The highest BCUT2D eigenvalue weighted by molar-refractivity contribution is 5.96. The van der Waals surface area contributed by atoms with Gasteiger partial charge in [0.05, 0.1) is 13.3 Å². The molecule has 0 aliphatic carbocycles. The first kappa shape index (κ1) is 20.3. The van der Waals surface area contributed by atoms with Crippen molar-refractivity contribution in [3.8, 4) is 28.6 Å². The first-order chi connectivity index (χ1) is 15.1. The van der Waals surface area contributed by atoms with E-state index in [2.05, 4.69) is 15.8 Å². The van der Waals surface area contributed by atoms with Crippen LogP contribution in [0.4, 0.5) is 0 Å². The molecular formula is C22H21N3O6. The van der Waals surface area contributed by atoms with Crippen LogP contribution in [-0.2, 0) is 11.2 Å². The smallest absolute Gasteiger partial charge is 0.269 e. The molecule has 2 aromatic carbocycles. The number of rotatable bonds is 6. The van der Waals surface area contributed by atoms with Crippen molar-refractivity contribution in [3.05, 3.63) is 60.1 Å². The highest BCUT2D eigenvalue weighted by atomic mass is 16.6. The van der Waals surface area contributed by atoms with Crippen molar-refractivity contribution >= 4 is 11.8 Å². The van der Waals surface area contributed by atoms with Crippen LogP contribution >= 0.6 is 0 Å². The Hall–Kier alpha value is -4.01. The van der Waals surface area contributed by atoms with Gasteiger partial charge >= 0.3 is 0 Å². The molecule has 4 rings (SSSR count). The molecule has 0 unspecified atom stereocenters. The SMILES string of the molecule is COc1ccc(-c2cnc(CCC(=O)NNC(=O)c3ccc4c(c3)OCCO4)o2)cc1. The third kappa shape index (κ3) is 4.95. The number of carbonyl (C=O) groups excluding carboxylic acids is 2. The van der Waals surface area contributed by atoms with Gasteiger partial charge in [-0.25, -0.2) is 4.98 Å². The van der Waals surface area contributed by atoms with Crippen LogP contribution in [0.25, 0.3) is 11.3 Å². The van der Waals surface area contributed by atoms with Gasteiger partial charge in [-0.15, -0.1) is 0 Å². The summed E-state index contributed by atoms with van der Waals surface area (Å²) in [6, 6.07) is 12.2. The minimum Gasteiger partial charge on any atom is -0.497 e. The topological polar surface area (TPSA) is 112 Å². The van der Waals surface area contributed by atoms with Crippen LogP contribution in [0.15, 0.2) is 53.1 Å². The number of methoxy groups -OCH3 is 1. The zero-order valence-electron chi connectivity index (χ0n) is 16.8. The van der Waals surface area contributed by atoms with Crippen LogP contribution in [-0.4, -0.2) is 37.1 Å². The lowest BCUT2D eigenvalue weighted by Gasteiger charge is -2.18. The number of ether oxygens (including phenoxy) is 3. The van der Waals surface area contributed by atoms with E-state index in [1.54, 1.807) is 31.5 Å². The maximum atomic E-state index is 12.3. The Bertz CT molecular complexity index is 1080. The lowest BCUT2D eigenvalue weighted by atomic mass is 10.2. The molecule has 0 radical (unpaired) electrons. The van der Waals surface area contributed by atoms with E-state index < -0.39 is 5.91 Å². The average molecular weight is 423 g/mol. The van der Waals surface area contributed by atoms with Gasteiger partial charge in [0.1, 0.15) is 19.0 Å². The molecule has 2 amide bonds. The van der Waals surface area contributed by atoms with Crippen LogP contribution in [0.5, 0.6) is 17.2 Å². The van der Waals surface area contributed by atoms with Crippen molar-refractivity contribution in [1.29, 1.82) is 0 Å². The first-order valence-electron chi connectivity index (χ1n) is 9.70. The van der Waals surface area contributed by atoms with Crippen molar-refractivity contribution in [1.82, 2.24) is 15.8 Å². The minimum atomic E-state index is -0.455. The Morgan fingerprint density at radius 1 is 1.03 bits per heavy atom. The standard InChI is InChI=1S/C22H21N3O6/c1-28-16-5-2-14(3-6-16)19-13-23-21(31-19)9-8-20(26)24-25-22(27)15-4-7-17-18(12-15)30-11-10-29-17/h2-7,12-13H,8-11H2,1H3,(H,24,26)(H,25,27). The fraction of sp³-hybridized carbons (Fsp3) is 0.227. The molecular weight excluding hydrogens is 402 g/mol. The number of benzene rings is 2. The summed E-state index contributed by atoms with van der Waals surface area (Å²) >= 11 is 0. The fourth-order valence-corrected chi connectivity index (χ4v) is 2.98. The average Bonchev–Trinajstić information content (AvgIpc) is 3.30. The van der Waals surface area contributed by atoms with E-state index >= 15 is 0 Å². The number of fused-ring (bicyclic) bond motifs is 1. The first-order valence-corrected chi connectivity index (χ1v) is 9.70. The maximum absolute atomic E-state index is 12.3. The van der Waals surface area contributed by atoms with Gasteiger partial charge in [-0.05, 0) is 42.5 Å². The van der Waals surface area contributed by atoms with E-state index in [1.807, 2.05) is 24.3 Å². The fourth-order valence-electron chi connectivity index (χ4n) is 2.98. The summed E-state index contributed by atoms with van der Waals surface area (Å²) in [7, 11) is 1.60. The summed E-state index contributed by atoms with van der Waals surface area (Å²) in [5, 5.41) is 0. The van der Waals surface area contributed by atoms with Crippen LogP contribution in [0.1, 0.15) is 22.7 Å². The van der Waals surface area contributed by atoms with Gasteiger partial charge in [0.15, 0.2) is 23.1 Å². The van der Waals surface area contributed by atoms with E-state index in [0.717, 1.165) is 11.3 Å². The van der Waals surface area contributed by atoms with Gasteiger partial charge in [0, 0.05) is 24.0 Å². The lowest BCUT2D eigenvalue weighted by Crippen LogP contribution is -2.41. The number of nitrogens with zero attached hydrogens (tertiary/aromatic N) is 1. The Balaban J connectivity index is 1.26. The zero-order valence-corrected chi connectivity index (χ0v) is 16.8. The summed E-state index contributed by atoms with van der Waals surface area (Å²) in [6.45, 7) is 0.899. The second-order valence-corrected chi connectivity index (χ2v) is 6.71. The number of carbonyl (C=O) groups is 2. The summed E-state index contributed by atoms with van der Waals surface area (Å²) in [5.41, 5.74) is 5.98. The second-order valence-electron chi connectivity index (χ2n) is 6.71. The molecule has 1 aromatic heterocycles. The van der Waals surface area contributed by atoms with Crippen molar-refractivity contribution < 1.29 is 28.2 Å². The number of hydrogen-bond acceptors (Lipinski definition) is 7. The molecule has 2 N–H and O–H groups in total. The van der Waals surface area contributed by atoms with E-state index in [9.17, 15) is 9.59 Å². The molecule has 0 spiro atoms. The summed E-state index contributed by atoms with van der Waals surface area (Å²) in [6.07, 6.45) is 2.00. The summed E-state index contributed by atoms with van der Waals surface area (Å²) in [4.78, 5) is 28.5. The summed E-state index contributed by atoms with van der Waals surface area (Å²) < 4.78 is 21.7. The van der Waals surface area contributed by atoms with E-state index in [4.69, 9.17) is 18.6 Å². The molecule has 0 bridgehead atoms. The molecule has 160 valence electrons. The van der Waals surface area contributed by atoms with Crippen molar-refractivity contribution in [2.75, 3.05) is 20.3 Å². The molecule has 9 heteroatoms. The Morgan fingerprint density at radius 2 is 1.81 bits per heavy atom. The van der Waals surface area contributed by atoms with Crippen molar-refractivity contribution in [2.45, 2.75) is 12.8 Å². The predicted octanol–water partition coefficient (Wildman–Crippen LogP) is 2.52. The monoisotopic (exact) mass is 423 g/mol. The van der Waals surface area contributed by atoms with Crippen LogP contribution in [0.3, 0.4) is 0 Å². The van der Waals surface area contributed by atoms with Gasteiger partial charge in [0.2, 0.25) is 5.91 Å². The van der Waals surface area contributed by atoms with Gasteiger partial charge in [0.25, 0.3) is 5.91 Å². The second kappa shape index (κ2) is 9.21. The van der Waals surface area contributed by atoms with Gasteiger partial charge in [-0.1, -0.05) is 0 Å². The molecule has 1 aliphatic heterocycles. The molecule has 2 heterocycles. The highest BCUT2D eigenvalue weighted by Crippen LogP contribution is 2.30. The van der Waals surface area contributed by atoms with Gasteiger partial charge in [-0.3, -0.25) is 20.4 Å². The number of aromatic nitrogens is 1. The quantitative estimate of drug-likeness (QED) is 0.586. The van der Waals surface area contributed by atoms with Crippen molar-refractivity contribution in [2.24, 2.45) is 0 Å². The number of hydrogen-bond donors (Lipinski definition) is 2. The van der Waals surface area contributed by atoms with Crippen LogP contribution in [0.2, 0.25) is 0 Å². The van der Waals surface area contributed by atoms with E-state index in [1.165, 1.54) is 0 Å². The molecule has 31 heavy (non-hydrogen) atoms. The molecule has 0 saturated heterocycles. The molecule has 0 fully saturated rings. The molecule has 1 aliphatic rings. The van der Waals surface area contributed by atoms with Crippen LogP contribution < -0.4 is 25.1 Å². The molecule has 0 atom stereocenters. The zero-order chi connectivity index (χ0) is 21.6. The Kier molecular flexibility index (Phi) is 6.02. The van der Waals surface area contributed by atoms with Gasteiger partial charge < -0.3 is 18.6 Å². The lowest BCUT2D eigenvalue weighted by molar-refractivity contribution is -0.121. The number of aryl methyl sites for hydroxylation is 1. The largest absolute Gasteiger partial charge is 0.497 e. The number of amides is 2. The minimum absolute atomic E-state index is 0.101. The predicted molar refractivity (Wildman–Crippen MR) is 110 cm³/mol. The molecule has 0 saturated carbocycles. The van der Waals surface area contributed by atoms with E-state index in [0.29, 0.717) is 48.3 Å². The normalized spacial score (nSPS) is 12.2. The summed E-state index contributed by atoms with van der Waals surface area (Å²) in [5.74, 6) is 2.05. The Labute approximate surface area is 178 Å². The van der Waals surface area contributed by atoms with Crippen molar-refractivity contribution in [3.63, 3.8) is 0 Å². The number of oxazole rings is 1. The third-order valence-corrected chi connectivity index (χ3v) is 4.61. The Morgan fingerprint density at radius 3 is 2.58 bits per heavy atom. The molecule has 9 nitrogen and oxygen atoms in total. The highest BCUT2D eigenvalue weighted by Gasteiger charge is 2.16. The number of nitrogens with one attached hydrogen (secondary N) is 2. The maximum Gasteiger partial charge on any atom is 0.269 e.